The molecule has 0 aromatic heterocycles. The van der Waals surface area contributed by atoms with Crippen LogP contribution >= 0.6 is 0 Å². The Kier molecular flexibility index (Phi) is 8.70. The molecule has 0 saturated carbocycles. The van der Waals surface area contributed by atoms with E-state index in [1.165, 1.54) is 44.1 Å². The summed E-state index contributed by atoms with van der Waals surface area (Å²) in [4.78, 5) is 0. The van der Waals surface area contributed by atoms with Crippen molar-refractivity contribution < 1.29 is 0 Å². The van der Waals surface area contributed by atoms with Crippen LogP contribution in [0.5, 0.6) is 0 Å². The fourth-order valence-electron chi connectivity index (χ4n) is 2.17. The lowest BCUT2D eigenvalue weighted by molar-refractivity contribution is 0.360. The molecule has 96 valence electrons. The topological polar surface area (TPSA) is 0 Å². The lowest BCUT2D eigenvalue weighted by Crippen LogP contribution is -2.05. The van der Waals surface area contributed by atoms with Gasteiger partial charge in [-0.05, 0) is 30.6 Å². The lowest BCUT2D eigenvalue weighted by Gasteiger charge is -2.17. The maximum atomic E-state index is 4.16. The Balaban J connectivity index is 3.57. The molecule has 0 spiro atoms. The summed E-state index contributed by atoms with van der Waals surface area (Å²) in [5.41, 5.74) is 1.45. The second-order valence-corrected chi connectivity index (χ2v) is 5.96. The van der Waals surface area contributed by atoms with Crippen molar-refractivity contribution in [1.29, 1.82) is 0 Å². The van der Waals surface area contributed by atoms with E-state index >= 15 is 0 Å². The molecule has 0 radical (unpaired) electrons. The molecular formula is C16H32. The van der Waals surface area contributed by atoms with Crippen LogP contribution in [0.25, 0.3) is 0 Å². The largest absolute Gasteiger partial charge is 0.0999 e. The van der Waals surface area contributed by atoms with E-state index in [0.717, 1.165) is 17.8 Å². The van der Waals surface area contributed by atoms with E-state index in [1.54, 1.807) is 0 Å². The standard InChI is InChI=1S/C16H32/c1-7-9-14(4)12-15(5)10-8-11-16(6)13(2)3/h13,15-16H,4,7-12H2,1-3,5-6H3. The first-order chi connectivity index (χ1) is 7.47. The highest BCUT2D eigenvalue weighted by Gasteiger charge is 2.09. The van der Waals surface area contributed by atoms with Gasteiger partial charge in [0.1, 0.15) is 0 Å². The van der Waals surface area contributed by atoms with E-state index in [1.807, 2.05) is 0 Å². The predicted octanol–water partition coefficient (Wildman–Crippen LogP) is 5.83. The number of hydrogen-bond acceptors (Lipinski definition) is 0. The predicted molar refractivity (Wildman–Crippen MR) is 75.7 cm³/mol. The third-order valence-electron chi connectivity index (χ3n) is 3.74. The molecule has 16 heavy (non-hydrogen) atoms. The fraction of sp³-hybridized carbons (Fsp3) is 0.875. The Morgan fingerprint density at radius 2 is 1.69 bits per heavy atom. The van der Waals surface area contributed by atoms with Crippen LogP contribution in [0.15, 0.2) is 12.2 Å². The summed E-state index contributed by atoms with van der Waals surface area (Å²) in [6, 6.07) is 0. The summed E-state index contributed by atoms with van der Waals surface area (Å²) in [6.07, 6.45) is 7.86. The molecule has 0 fully saturated rings. The van der Waals surface area contributed by atoms with Crippen molar-refractivity contribution in [2.75, 3.05) is 0 Å². The minimum atomic E-state index is 0.832. The van der Waals surface area contributed by atoms with Crippen molar-refractivity contribution >= 4 is 0 Å². The molecule has 0 nitrogen and oxygen atoms in total. The summed E-state index contributed by atoms with van der Waals surface area (Å²) >= 11 is 0. The summed E-state index contributed by atoms with van der Waals surface area (Å²) in [7, 11) is 0. The van der Waals surface area contributed by atoms with E-state index in [2.05, 4.69) is 41.2 Å². The summed E-state index contributed by atoms with van der Waals surface area (Å²) < 4.78 is 0. The SMILES string of the molecule is C=C(CCC)CC(C)CCCC(C)C(C)C. The van der Waals surface area contributed by atoms with Crippen molar-refractivity contribution in [3.8, 4) is 0 Å². The molecule has 0 heterocycles. The number of allylic oxidation sites excluding steroid dienone is 1. The Labute approximate surface area is 104 Å². The fourth-order valence-corrected chi connectivity index (χ4v) is 2.17. The van der Waals surface area contributed by atoms with Gasteiger partial charge in [0.25, 0.3) is 0 Å². The van der Waals surface area contributed by atoms with E-state index in [4.69, 9.17) is 0 Å². The monoisotopic (exact) mass is 224 g/mol. The molecule has 2 atom stereocenters. The normalized spacial score (nSPS) is 15.1. The van der Waals surface area contributed by atoms with E-state index in [0.29, 0.717) is 0 Å². The molecule has 0 aliphatic carbocycles. The van der Waals surface area contributed by atoms with Crippen molar-refractivity contribution in [2.24, 2.45) is 17.8 Å². The first-order valence-electron chi connectivity index (χ1n) is 7.14. The van der Waals surface area contributed by atoms with E-state index < -0.39 is 0 Å². The highest BCUT2D eigenvalue weighted by molar-refractivity contribution is 4.94. The van der Waals surface area contributed by atoms with Gasteiger partial charge >= 0.3 is 0 Å². The van der Waals surface area contributed by atoms with Crippen LogP contribution in [-0.4, -0.2) is 0 Å². The maximum absolute atomic E-state index is 4.16. The molecule has 2 unspecified atom stereocenters. The molecule has 0 N–H and O–H groups in total. The molecule has 0 rings (SSSR count). The van der Waals surface area contributed by atoms with Crippen molar-refractivity contribution in [3.63, 3.8) is 0 Å². The van der Waals surface area contributed by atoms with Gasteiger partial charge in [0.05, 0.1) is 0 Å². The average molecular weight is 224 g/mol. The Morgan fingerprint density at radius 1 is 1.06 bits per heavy atom. The van der Waals surface area contributed by atoms with Crippen LogP contribution in [0.3, 0.4) is 0 Å². The first-order valence-corrected chi connectivity index (χ1v) is 7.14. The van der Waals surface area contributed by atoms with Crippen LogP contribution in [0, 0.1) is 17.8 Å². The summed E-state index contributed by atoms with van der Waals surface area (Å²) in [5.74, 6) is 2.55. The van der Waals surface area contributed by atoms with Crippen molar-refractivity contribution in [1.82, 2.24) is 0 Å². The minimum absolute atomic E-state index is 0.832. The lowest BCUT2D eigenvalue weighted by atomic mass is 9.89. The molecule has 0 aliphatic heterocycles. The Morgan fingerprint density at radius 3 is 2.19 bits per heavy atom. The van der Waals surface area contributed by atoms with Crippen molar-refractivity contribution in [3.05, 3.63) is 12.2 Å². The number of rotatable bonds is 9. The molecule has 0 aliphatic rings. The summed E-state index contributed by atoms with van der Waals surface area (Å²) in [6.45, 7) is 15.8. The third-order valence-corrected chi connectivity index (χ3v) is 3.74. The quantitative estimate of drug-likeness (QED) is 0.432. The molecule has 0 saturated heterocycles. The van der Waals surface area contributed by atoms with Crippen LogP contribution in [-0.2, 0) is 0 Å². The Bertz CT molecular complexity index is 178. The van der Waals surface area contributed by atoms with Gasteiger partial charge < -0.3 is 0 Å². The van der Waals surface area contributed by atoms with Crippen LogP contribution in [0.1, 0.15) is 73.1 Å². The molecule has 0 heteroatoms. The van der Waals surface area contributed by atoms with Crippen LogP contribution < -0.4 is 0 Å². The molecule has 0 bridgehead atoms. The molecule has 0 amide bonds. The second-order valence-electron chi connectivity index (χ2n) is 5.96. The first kappa shape index (κ1) is 15.7. The zero-order chi connectivity index (χ0) is 12.6. The second kappa shape index (κ2) is 8.84. The zero-order valence-corrected chi connectivity index (χ0v) is 12.2. The van der Waals surface area contributed by atoms with Gasteiger partial charge in [-0.25, -0.2) is 0 Å². The van der Waals surface area contributed by atoms with E-state index in [9.17, 15) is 0 Å². The van der Waals surface area contributed by atoms with Gasteiger partial charge in [-0.2, -0.15) is 0 Å². The van der Waals surface area contributed by atoms with Gasteiger partial charge in [-0.15, -0.1) is 0 Å². The van der Waals surface area contributed by atoms with Crippen LogP contribution in [0.2, 0.25) is 0 Å². The van der Waals surface area contributed by atoms with Crippen molar-refractivity contribution in [2.45, 2.75) is 73.1 Å². The zero-order valence-electron chi connectivity index (χ0n) is 12.2. The molecule has 0 aromatic carbocycles. The van der Waals surface area contributed by atoms with Gasteiger partial charge in [0, 0.05) is 0 Å². The van der Waals surface area contributed by atoms with Gasteiger partial charge in [0.2, 0.25) is 0 Å². The maximum Gasteiger partial charge on any atom is -0.0297 e. The van der Waals surface area contributed by atoms with Gasteiger partial charge in [0.15, 0.2) is 0 Å². The van der Waals surface area contributed by atoms with E-state index in [-0.39, 0.29) is 0 Å². The molecule has 0 aromatic rings. The number of hydrogen-bond donors (Lipinski definition) is 0. The molecular weight excluding hydrogens is 192 g/mol. The highest BCUT2D eigenvalue weighted by atomic mass is 14.1. The van der Waals surface area contributed by atoms with Crippen LogP contribution in [0.4, 0.5) is 0 Å². The van der Waals surface area contributed by atoms with Gasteiger partial charge in [-0.1, -0.05) is 72.5 Å². The minimum Gasteiger partial charge on any atom is -0.0999 e. The van der Waals surface area contributed by atoms with Gasteiger partial charge in [-0.3, -0.25) is 0 Å². The summed E-state index contributed by atoms with van der Waals surface area (Å²) in [5, 5.41) is 0. The third kappa shape index (κ3) is 7.96. The average Bonchev–Trinajstić information content (AvgIpc) is 2.17. The Hall–Kier alpha value is -0.260. The highest BCUT2D eigenvalue weighted by Crippen LogP contribution is 2.22. The smallest absolute Gasteiger partial charge is 0.0297 e.